The Kier molecular flexibility index (Phi) is 57.4. The second-order valence-electron chi connectivity index (χ2n) is 20.0. The molecule has 0 N–H and O–H groups in total. The molecule has 0 bridgehead atoms. The normalized spacial score (nSPS) is 12.9. The second kappa shape index (κ2) is 60.6. The van der Waals surface area contributed by atoms with Crippen molar-refractivity contribution in [3.63, 3.8) is 0 Å². The van der Waals surface area contributed by atoms with Crippen molar-refractivity contribution in [2.24, 2.45) is 0 Å². The number of allylic oxidation sites excluding steroid dienone is 18. The SMILES string of the molecule is CC\C=C/C=C\C=C/C=C\C=C\C=C/CCCCCC(=O)OCC(COC(=O)CCCCCCCCCCC/C=C\C/C=C\C/C=C\CC)OC(=O)CCCCCCCCCCCCCCCCCCCCC. The van der Waals surface area contributed by atoms with E-state index in [0.717, 1.165) is 89.9 Å². The molecule has 0 fully saturated rings. The monoisotopic (exact) mass is 1010 g/mol. The lowest BCUT2D eigenvalue weighted by Gasteiger charge is -2.18. The summed E-state index contributed by atoms with van der Waals surface area (Å²) in [5.41, 5.74) is 0. The molecule has 0 aliphatic heterocycles. The van der Waals surface area contributed by atoms with Gasteiger partial charge < -0.3 is 14.2 Å². The number of rotatable bonds is 54. The fourth-order valence-corrected chi connectivity index (χ4v) is 8.43. The van der Waals surface area contributed by atoms with Gasteiger partial charge in [0.15, 0.2) is 6.10 Å². The van der Waals surface area contributed by atoms with Crippen LogP contribution in [0.4, 0.5) is 0 Å². The molecule has 416 valence electrons. The first-order valence-electron chi connectivity index (χ1n) is 30.5. The van der Waals surface area contributed by atoms with E-state index in [4.69, 9.17) is 14.2 Å². The predicted molar refractivity (Wildman–Crippen MR) is 316 cm³/mol. The van der Waals surface area contributed by atoms with Crippen molar-refractivity contribution in [1.29, 1.82) is 0 Å². The van der Waals surface area contributed by atoms with Gasteiger partial charge in [-0.2, -0.15) is 0 Å². The van der Waals surface area contributed by atoms with Crippen molar-refractivity contribution in [1.82, 2.24) is 0 Å². The summed E-state index contributed by atoms with van der Waals surface area (Å²) in [7, 11) is 0. The maximum absolute atomic E-state index is 12.9. The zero-order valence-electron chi connectivity index (χ0n) is 47.6. The quantitative estimate of drug-likeness (QED) is 0.0199. The average molecular weight is 1010 g/mol. The first-order valence-corrected chi connectivity index (χ1v) is 30.5. The summed E-state index contributed by atoms with van der Waals surface area (Å²) in [6.07, 6.45) is 82.2. The van der Waals surface area contributed by atoms with Gasteiger partial charge in [0.2, 0.25) is 0 Å². The van der Waals surface area contributed by atoms with Gasteiger partial charge in [0, 0.05) is 19.3 Å². The Morgan fingerprint density at radius 3 is 1.01 bits per heavy atom. The summed E-state index contributed by atoms with van der Waals surface area (Å²) in [5, 5.41) is 0. The van der Waals surface area contributed by atoms with E-state index in [1.165, 1.54) is 148 Å². The fourth-order valence-electron chi connectivity index (χ4n) is 8.43. The summed E-state index contributed by atoms with van der Waals surface area (Å²) >= 11 is 0. The van der Waals surface area contributed by atoms with Crippen LogP contribution in [0.25, 0.3) is 0 Å². The first-order chi connectivity index (χ1) is 36.0. The molecule has 0 aromatic heterocycles. The largest absolute Gasteiger partial charge is 0.462 e. The molecule has 0 aliphatic carbocycles. The lowest BCUT2D eigenvalue weighted by molar-refractivity contribution is -0.167. The molecule has 0 saturated carbocycles. The van der Waals surface area contributed by atoms with E-state index in [1.807, 2.05) is 60.8 Å². The molecule has 0 radical (unpaired) electrons. The number of hydrogen-bond acceptors (Lipinski definition) is 6. The summed E-state index contributed by atoms with van der Waals surface area (Å²) in [6, 6.07) is 0. The van der Waals surface area contributed by atoms with Crippen molar-refractivity contribution < 1.29 is 28.6 Å². The number of unbranched alkanes of at least 4 members (excludes halogenated alkanes) is 30. The van der Waals surface area contributed by atoms with Gasteiger partial charge in [-0.15, -0.1) is 0 Å². The van der Waals surface area contributed by atoms with E-state index >= 15 is 0 Å². The van der Waals surface area contributed by atoms with Crippen LogP contribution in [0.1, 0.15) is 278 Å². The fraction of sp³-hybridized carbons (Fsp3) is 0.687. The lowest BCUT2D eigenvalue weighted by Crippen LogP contribution is -2.30. The van der Waals surface area contributed by atoms with Crippen LogP contribution in [0.15, 0.2) is 109 Å². The van der Waals surface area contributed by atoms with Gasteiger partial charge in [-0.25, -0.2) is 0 Å². The van der Waals surface area contributed by atoms with Gasteiger partial charge in [-0.3, -0.25) is 14.4 Å². The Bertz CT molecular complexity index is 1490. The summed E-state index contributed by atoms with van der Waals surface area (Å²) in [6.45, 7) is 6.37. The van der Waals surface area contributed by atoms with Crippen LogP contribution in [-0.4, -0.2) is 37.2 Å². The van der Waals surface area contributed by atoms with E-state index in [2.05, 4.69) is 69.4 Å². The maximum atomic E-state index is 12.9. The van der Waals surface area contributed by atoms with Crippen LogP contribution < -0.4 is 0 Å². The molecule has 0 saturated heterocycles. The summed E-state index contributed by atoms with van der Waals surface area (Å²) < 4.78 is 16.9. The molecule has 0 heterocycles. The number of ether oxygens (including phenoxy) is 3. The van der Waals surface area contributed by atoms with Crippen molar-refractivity contribution >= 4 is 17.9 Å². The topological polar surface area (TPSA) is 78.9 Å². The van der Waals surface area contributed by atoms with Crippen molar-refractivity contribution in [3.8, 4) is 0 Å². The first kappa shape index (κ1) is 69.1. The van der Waals surface area contributed by atoms with E-state index in [9.17, 15) is 14.4 Å². The highest BCUT2D eigenvalue weighted by Crippen LogP contribution is 2.17. The third kappa shape index (κ3) is 58.8. The van der Waals surface area contributed by atoms with Crippen molar-refractivity contribution in [3.05, 3.63) is 109 Å². The third-order valence-electron chi connectivity index (χ3n) is 12.9. The standard InChI is InChI=1S/C67H112O6/c1-4-7-10-13-16-19-22-25-28-31-33-36-39-42-45-48-51-54-57-60-66(69)72-63-64(62-71-65(68)59-56-53-50-47-44-41-38-35-30-27-24-21-18-15-12-9-6-3)73-67(70)61-58-55-52-49-46-43-40-37-34-32-29-26-23-20-17-14-11-8-5-2/h7,9-10,12,15-16,18-19,21,24-25,27-28,30,35,38,41,44,64H,4-6,8,11,13-14,17,20,22-23,26,29,31-34,36-37,39-40,42-43,45-63H2,1-3H3/b10-7-,12-9-,18-15-,19-16-,24-21-,28-25-,30-27-,38-35+,44-41-. The Balaban J connectivity index is 4.45. The van der Waals surface area contributed by atoms with Crippen LogP contribution in [-0.2, 0) is 28.6 Å². The Morgan fingerprint density at radius 1 is 0.301 bits per heavy atom. The van der Waals surface area contributed by atoms with Gasteiger partial charge in [0.1, 0.15) is 13.2 Å². The van der Waals surface area contributed by atoms with E-state index in [-0.39, 0.29) is 31.1 Å². The Morgan fingerprint density at radius 2 is 0.603 bits per heavy atom. The molecule has 1 unspecified atom stereocenters. The molecule has 0 spiro atoms. The minimum absolute atomic E-state index is 0.0949. The second-order valence-corrected chi connectivity index (χ2v) is 20.0. The molecule has 0 amide bonds. The summed E-state index contributed by atoms with van der Waals surface area (Å²) in [5.74, 6) is -0.937. The maximum Gasteiger partial charge on any atom is 0.306 e. The Labute approximate surface area is 450 Å². The highest BCUT2D eigenvalue weighted by atomic mass is 16.6. The molecule has 6 heteroatoms. The average Bonchev–Trinajstić information content (AvgIpc) is 3.39. The van der Waals surface area contributed by atoms with Gasteiger partial charge in [-0.05, 0) is 70.6 Å². The molecule has 0 aromatic rings. The van der Waals surface area contributed by atoms with E-state index < -0.39 is 6.10 Å². The number of carbonyl (C=O) groups is 3. The molecule has 0 aromatic carbocycles. The molecule has 0 aliphatic rings. The zero-order valence-corrected chi connectivity index (χ0v) is 47.6. The number of esters is 3. The van der Waals surface area contributed by atoms with Crippen molar-refractivity contribution in [2.75, 3.05) is 13.2 Å². The van der Waals surface area contributed by atoms with Crippen LogP contribution in [0, 0.1) is 0 Å². The smallest absolute Gasteiger partial charge is 0.306 e. The van der Waals surface area contributed by atoms with Gasteiger partial charge in [0.25, 0.3) is 0 Å². The van der Waals surface area contributed by atoms with Crippen molar-refractivity contribution in [2.45, 2.75) is 284 Å². The minimum Gasteiger partial charge on any atom is -0.462 e. The number of carbonyl (C=O) groups excluding carboxylic acids is 3. The van der Waals surface area contributed by atoms with E-state index in [1.54, 1.807) is 0 Å². The van der Waals surface area contributed by atoms with Gasteiger partial charge in [0.05, 0.1) is 0 Å². The zero-order chi connectivity index (χ0) is 52.9. The van der Waals surface area contributed by atoms with Gasteiger partial charge in [-0.1, -0.05) is 297 Å². The molecule has 6 nitrogen and oxygen atoms in total. The Hall–Kier alpha value is -3.93. The molecule has 1 atom stereocenters. The van der Waals surface area contributed by atoms with Crippen LogP contribution in [0.5, 0.6) is 0 Å². The van der Waals surface area contributed by atoms with E-state index in [0.29, 0.717) is 19.3 Å². The molecular formula is C67H112O6. The van der Waals surface area contributed by atoms with Crippen LogP contribution in [0.2, 0.25) is 0 Å². The summed E-state index contributed by atoms with van der Waals surface area (Å²) in [4.78, 5) is 38.3. The molecule has 0 rings (SSSR count). The minimum atomic E-state index is -0.800. The number of hydrogen-bond donors (Lipinski definition) is 0. The highest BCUT2D eigenvalue weighted by Gasteiger charge is 2.19. The highest BCUT2D eigenvalue weighted by molar-refractivity contribution is 5.71. The molecule has 73 heavy (non-hydrogen) atoms. The van der Waals surface area contributed by atoms with Gasteiger partial charge >= 0.3 is 17.9 Å². The van der Waals surface area contributed by atoms with Crippen LogP contribution >= 0.6 is 0 Å². The third-order valence-corrected chi connectivity index (χ3v) is 12.9. The van der Waals surface area contributed by atoms with Crippen LogP contribution in [0.3, 0.4) is 0 Å². The lowest BCUT2D eigenvalue weighted by atomic mass is 10.0. The molecular weight excluding hydrogens is 901 g/mol. The predicted octanol–water partition coefficient (Wildman–Crippen LogP) is 20.7.